The molecule has 0 spiro atoms. The maximum atomic E-state index is 12.0. The van der Waals surface area contributed by atoms with Crippen molar-refractivity contribution in [1.29, 1.82) is 0 Å². The van der Waals surface area contributed by atoms with E-state index in [4.69, 9.17) is 9.47 Å². The molecule has 1 unspecified atom stereocenters. The van der Waals surface area contributed by atoms with Crippen LogP contribution in [0.15, 0.2) is 60.7 Å². The fourth-order valence-electron chi connectivity index (χ4n) is 2.47. The van der Waals surface area contributed by atoms with E-state index >= 15 is 0 Å². The van der Waals surface area contributed by atoms with Crippen LogP contribution in [0.4, 0.5) is 0 Å². The zero-order valence-electron chi connectivity index (χ0n) is 13.1. The molecule has 0 amide bonds. The first-order valence-corrected chi connectivity index (χ1v) is 8.80. The van der Waals surface area contributed by atoms with Crippen molar-refractivity contribution in [3.8, 4) is 0 Å². The highest BCUT2D eigenvalue weighted by Crippen LogP contribution is 2.35. The minimum atomic E-state index is -0.319. The van der Waals surface area contributed by atoms with Crippen molar-refractivity contribution in [3.63, 3.8) is 0 Å². The summed E-state index contributed by atoms with van der Waals surface area (Å²) in [6, 6.07) is 17.9. The lowest BCUT2D eigenvalue weighted by atomic mass is 10.2. The molecule has 5 heteroatoms. The molecule has 1 heterocycles. The van der Waals surface area contributed by atoms with Crippen molar-refractivity contribution in [3.05, 3.63) is 71.8 Å². The Morgan fingerprint density at radius 3 is 2.08 bits per heavy atom. The van der Waals surface area contributed by atoms with Crippen LogP contribution in [-0.4, -0.2) is 29.2 Å². The number of hydrogen-bond acceptors (Lipinski definition) is 5. The summed E-state index contributed by atoms with van der Waals surface area (Å²) in [6.45, 7) is 0.331. The first kappa shape index (κ1) is 16.6. The third-order valence-electron chi connectivity index (χ3n) is 3.73. The third-order valence-corrected chi connectivity index (χ3v) is 5.12. The third kappa shape index (κ3) is 4.38. The molecule has 0 radical (unpaired) electrons. The van der Waals surface area contributed by atoms with E-state index in [1.54, 1.807) is 48.2 Å². The van der Waals surface area contributed by atoms with Gasteiger partial charge in [0.25, 0.3) is 0 Å². The van der Waals surface area contributed by atoms with Gasteiger partial charge in [-0.1, -0.05) is 36.4 Å². The van der Waals surface area contributed by atoms with Crippen LogP contribution in [0.1, 0.15) is 33.6 Å². The van der Waals surface area contributed by atoms with E-state index in [1.165, 1.54) is 0 Å². The van der Waals surface area contributed by atoms with E-state index in [0.717, 1.165) is 12.8 Å². The minimum absolute atomic E-state index is 0.159. The fraction of sp³-hybridized carbons (Fsp3) is 0.263. The molecule has 1 aliphatic heterocycles. The van der Waals surface area contributed by atoms with Gasteiger partial charge in [0.1, 0.15) is 12.0 Å². The summed E-state index contributed by atoms with van der Waals surface area (Å²) in [5.41, 5.74) is 0.919. The van der Waals surface area contributed by atoms with E-state index in [1.807, 2.05) is 24.3 Å². The summed E-state index contributed by atoms with van der Waals surface area (Å²) >= 11 is 1.55. The second-order valence-corrected chi connectivity index (χ2v) is 6.97. The zero-order valence-corrected chi connectivity index (χ0v) is 13.9. The molecule has 4 nitrogen and oxygen atoms in total. The van der Waals surface area contributed by atoms with Crippen molar-refractivity contribution in [2.45, 2.75) is 23.5 Å². The summed E-state index contributed by atoms with van der Waals surface area (Å²) in [5, 5.41) is 0.159. The maximum absolute atomic E-state index is 12.0. The van der Waals surface area contributed by atoms with E-state index in [2.05, 4.69) is 0 Å². The van der Waals surface area contributed by atoms with Crippen molar-refractivity contribution in [2.24, 2.45) is 0 Å². The zero-order chi connectivity index (χ0) is 16.8. The lowest BCUT2D eigenvalue weighted by Gasteiger charge is -2.13. The SMILES string of the molecule is O=C(OC[C@@H]1CCC(OC(=O)c2ccccc2)S1)c1ccccc1. The molecule has 0 bridgehead atoms. The topological polar surface area (TPSA) is 52.6 Å². The molecule has 124 valence electrons. The molecule has 2 atom stereocenters. The van der Waals surface area contributed by atoms with Crippen LogP contribution in [0.5, 0.6) is 0 Å². The number of benzene rings is 2. The van der Waals surface area contributed by atoms with Crippen LogP contribution in [0, 0.1) is 0 Å². The summed E-state index contributed by atoms with van der Waals surface area (Å²) in [4.78, 5) is 24.0. The fourth-order valence-corrected chi connectivity index (χ4v) is 3.73. The Hall–Kier alpha value is -2.27. The molecule has 1 saturated heterocycles. The lowest BCUT2D eigenvalue weighted by molar-refractivity contribution is 0.0456. The van der Waals surface area contributed by atoms with Crippen LogP contribution >= 0.6 is 11.8 Å². The van der Waals surface area contributed by atoms with Crippen molar-refractivity contribution in [1.82, 2.24) is 0 Å². The predicted molar refractivity (Wildman–Crippen MR) is 93.0 cm³/mol. The second-order valence-electron chi connectivity index (χ2n) is 5.50. The van der Waals surface area contributed by atoms with Crippen LogP contribution in [-0.2, 0) is 9.47 Å². The van der Waals surface area contributed by atoms with Crippen molar-refractivity contribution < 1.29 is 19.1 Å². The molecule has 2 aromatic carbocycles. The number of carbonyl (C=O) groups excluding carboxylic acids is 2. The average molecular weight is 342 g/mol. The van der Waals surface area contributed by atoms with Gasteiger partial charge in [-0.25, -0.2) is 9.59 Å². The van der Waals surface area contributed by atoms with Gasteiger partial charge in [-0.2, -0.15) is 0 Å². The highest BCUT2D eigenvalue weighted by molar-refractivity contribution is 8.00. The van der Waals surface area contributed by atoms with Gasteiger partial charge in [0.2, 0.25) is 0 Å². The molecular weight excluding hydrogens is 324 g/mol. The van der Waals surface area contributed by atoms with Crippen LogP contribution in [0.2, 0.25) is 0 Å². The van der Waals surface area contributed by atoms with E-state index < -0.39 is 0 Å². The Bertz CT molecular complexity index is 687. The Balaban J connectivity index is 1.44. The Kier molecular flexibility index (Phi) is 5.54. The minimum Gasteiger partial charge on any atom is -0.461 e. The average Bonchev–Trinajstić information content (AvgIpc) is 3.08. The summed E-state index contributed by atoms with van der Waals surface area (Å²) in [6.07, 6.45) is 1.64. The van der Waals surface area contributed by atoms with Gasteiger partial charge in [0, 0.05) is 5.25 Å². The van der Waals surface area contributed by atoms with Crippen molar-refractivity contribution in [2.75, 3.05) is 6.61 Å². The van der Waals surface area contributed by atoms with Gasteiger partial charge in [0.05, 0.1) is 11.1 Å². The van der Waals surface area contributed by atoms with Crippen LogP contribution in [0.25, 0.3) is 0 Å². The largest absolute Gasteiger partial charge is 0.461 e. The number of ether oxygens (including phenoxy) is 2. The molecule has 0 aliphatic carbocycles. The smallest absolute Gasteiger partial charge is 0.339 e. The molecule has 0 N–H and O–H groups in total. The van der Waals surface area contributed by atoms with Gasteiger partial charge in [-0.3, -0.25) is 0 Å². The molecule has 0 saturated carbocycles. The second kappa shape index (κ2) is 8.02. The highest BCUT2D eigenvalue weighted by Gasteiger charge is 2.29. The highest BCUT2D eigenvalue weighted by atomic mass is 32.2. The summed E-state index contributed by atoms with van der Waals surface area (Å²) < 4.78 is 10.9. The van der Waals surface area contributed by atoms with Gasteiger partial charge in [-0.15, -0.1) is 11.8 Å². The monoisotopic (exact) mass is 342 g/mol. The molecule has 0 aromatic heterocycles. The van der Waals surface area contributed by atoms with Gasteiger partial charge >= 0.3 is 11.9 Å². The van der Waals surface area contributed by atoms with E-state index in [9.17, 15) is 9.59 Å². The molecule has 1 fully saturated rings. The lowest BCUT2D eigenvalue weighted by Crippen LogP contribution is -2.15. The first-order chi connectivity index (χ1) is 11.7. The number of hydrogen-bond donors (Lipinski definition) is 0. The van der Waals surface area contributed by atoms with Gasteiger partial charge < -0.3 is 9.47 Å². The Labute approximate surface area is 145 Å². The number of thioether (sulfide) groups is 1. The van der Waals surface area contributed by atoms with E-state index in [0.29, 0.717) is 17.7 Å². The molecule has 2 aromatic rings. The molecule has 24 heavy (non-hydrogen) atoms. The standard InChI is InChI=1S/C19H18O4S/c20-18(14-7-3-1-4-8-14)22-13-16-11-12-17(24-16)23-19(21)15-9-5-2-6-10-15/h1-10,16-17H,11-13H2/t16-,17?/m0/s1. The normalized spacial score (nSPS) is 19.7. The maximum Gasteiger partial charge on any atom is 0.339 e. The quantitative estimate of drug-likeness (QED) is 0.771. The molecule has 1 aliphatic rings. The van der Waals surface area contributed by atoms with Crippen molar-refractivity contribution >= 4 is 23.7 Å². The van der Waals surface area contributed by atoms with E-state index in [-0.39, 0.29) is 22.6 Å². The Morgan fingerprint density at radius 2 is 1.46 bits per heavy atom. The molecular formula is C19H18O4S. The Morgan fingerprint density at radius 1 is 0.875 bits per heavy atom. The number of carbonyl (C=O) groups is 2. The number of esters is 2. The summed E-state index contributed by atoms with van der Waals surface area (Å²) in [5.74, 6) is -0.629. The summed E-state index contributed by atoms with van der Waals surface area (Å²) in [7, 11) is 0. The molecule has 3 rings (SSSR count). The first-order valence-electron chi connectivity index (χ1n) is 7.86. The van der Waals surface area contributed by atoms with Gasteiger partial charge in [0.15, 0.2) is 0 Å². The van der Waals surface area contributed by atoms with Crippen LogP contribution in [0.3, 0.4) is 0 Å². The van der Waals surface area contributed by atoms with Gasteiger partial charge in [-0.05, 0) is 37.1 Å². The predicted octanol–water partition coefficient (Wildman–Crippen LogP) is 3.92. The van der Waals surface area contributed by atoms with Crippen LogP contribution < -0.4 is 0 Å². The number of rotatable bonds is 5.